The number of amides is 1. The smallest absolute Gasteiger partial charge is 0.418 e. The molecule has 1 N–H and O–H groups in total. The van der Waals surface area contributed by atoms with E-state index < -0.39 is 11.7 Å². The van der Waals surface area contributed by atoms with Crippen LogP contribution in [0.4, 0.5) is 23.7 Å². The quantitative estimate of drug-likeness (QED) is 0.701. The molecule has 160 valence electrons. The fraction of sp³-hybridized carbons (Fsp3) is 0.600. The molecule has 3 rings (SSSR count). The van der Waals surface area contributed by atoms with Crippen molar-refractivity contribution < 1.29 is 22.7 Å². The largest absolute Gasteiger partial charge is 0.447 e. The second kappa shape index (κ2) is 8.77. The lowest BCUT2D eigenvalue weighted by molar-refractivity contribution is -0.136. The summed E-state index contributed by atoms with van der Waals surface area (Å²) in [5.41, 5.74) is -0.791. The lowest BCUT2D eigenvalue weighted by Gasteiger charge is -2.39. The third-order valence-corrected chi connectivity index (χ3v) is 5.73. The van der Waals surface area contributed by atoms with Crippen molar-refractivity contribution in [2.45, 2.75) is 51.4 Å². The number of para-hydroxylation sites is 1. The fourth-order valence-corrected chi connectivity index (χ4v) is 4.32. The molecular weight excluding hydrogens is 403 g/mol. The van der Waals surface area contributed by atoms with Crippen molar-refractivity contribution in [2.24, 2.45) is 5.92 Å². The Hall–Kier alpha value is -2.03. The number of piperidine rings is 1. The van der Waals surface area contributed by atoms with Gasteiger partial charge in [0.15, 0.2) is 5.11 Å². The minimum atomic E-state index is -4.45. The van der Waals surface area contributed by atoms with Crippen LogP contribution in [0.3, 0.4) is 0 Å². The summed E-state index contributed by atoms with van der Waals surface area (Å²) >= 11 is 5.36. The number of likely N-dealkylation sites (tertiary alicyclic amines) is 1. The zero-order valence-corrected chi connectivity index (χ0v) is 17.4. The number of nitrogens with one attached hydrogen (secondary N) is 1. The van der Waals surface area contributed by atoms with Crippen molar-refractivity contribution in [3.05, 3.63) is 29.8 Å². The first-order valence-corrected chi connectivity index (χ1v) is 10.2. The van der Waals surface area contributed by atoms with Gasteiger partial charge in [-0.25, -0.2) is 4.79 Å². The molecule has 2 aliphatic rings. The predicted molar refractivity (Wildman–Crippen MR) is 109 cm³/mol. The molecular formula is C20H26F3N3O2S. The van der Waals surface area contributed by atoms with Gasteiger partial charge in [0.1, 0.15) is 6.61 Å². The van der Waals surface area contributed by atoms with Gasteiger partial charge in [-0.05, 0) is 49.5 Å². The van der Waals surface area contributed by atoms with Crippen LogP contribution in [0.25, 0.3) is 0 Å². The number of hydrogen-bond acceptors (Lipinski definition) is 3. The van der Waals surface area contributed by atoms with Gasteiger partial charge in [0.05, 0.1) is 17.3 Å². The van der Waals surface area contributed by atoms with Crippen molar-refractivity contribution in [2.75, 3.05) is 25.0 Å². The van der Waals surface area contributed by atoms with Crippen LogP contribution >= 0.6 is 12.2 Å². The number of nitrogens with zero attached hydrogens (tertiary/aromatic N) is 2. The van der Waals surface area contributed by atoms with Crippen molar-refractivity contribution in [3.8, 4) is 0 Å². The lowest BCUT2D eigenvalue weighted by atomic mass is 9.98. The minimum absolute atomic E-state index is 0.0489. The summed E-state index contributed by atoms with van der Waals surface area (Å²) in [6.45, 7) is 5.80. The number of halogens is 3. The molecule has 2 heterocycles. The van der Waals surface area contributed by atoms with Gasteiger partial charge in [0.25, 0.3) is 0 Å². The fourth-order valence-electron chi connectivity index (χ4n) is 4.03. The Bertz CT molecular complexity index is 749. The predicted octanol–water partition coefficient (Wildman–Crippen LogP) is 4.73. The van der Waals surface area contributed by atoms with Gasteiger partial charge >= 0.3 is 12.3 Å². The molecule has 0 bridgehead atoms. The van der Waals surface area contributed by atoms with Gasteiger partial charge in [-0.15, -0.1) is 0 Å². The molecule has 1 aromatic rings. The van der Waals surface area contributed by atoms with Crippen LogP contribution in [0, 0.1) is 5.92 Å². The third kappa shape index (κ3) is 5.12. The van der Waals surface area contributed by atoms with Crippen LogP contribution < -0.4 is 5.32 Å². The molecule has 0 radical (unpaired) electrons. The monoisotopic (exact) mass is 429 g/mol. The first kappa shape index (κ1) is 21.7. The molecule has 0 aliphatic carbocycles. The molecule has 9 heteroatoms. The maximum Gasteiger partial charge on any atom is 0.418 e. The maximum absolute atomic E-state index is 13.2. The van der Waals surface area contributed by atoms with E-state index in [1.807, 2.05) is 9.80 Å². The number of alkyl halides is 3. The number of ether oxygens (including phenoxy) is 1. The molecule has 0 aromatic heterocycles. The number of benzene rings is 1. The van der Waals surface area contributed by atoms with Crippen LogP contribution in [-0.2, 0) is 10.9 Å². The van der Waals surface area contributed by atoms with E-state index in [1.54, 1.807) is 6.07 Å². The van der Waals surface area contributed by atoms with Gasteiger partial charge in [-0.2, -0.15) is 13.2 Å². The van der Waals surface area contributed by atoms with Crippen molar-refractivity contribution in [1.29, 1.82) is 0 Å². The van der Waals surface area contributed by atoms with E-state index in [0.29, 0.717) is 38.5 Å². The number of hydrogen-bond donors (Lipinski definition) is 1. The van der Waals surface area contributed by atoms with E-state index in [9.17, 15) is 18.0 Å². The summed E-state index contributed by atoms with van der Waals surface area (Å²) in [6, 6.07) is 5.45. The molecule has 1 atom stereocenters. The highest BCUT2D eigenvalue weighted by atomic mass is 32.1. The highest BCUT2D eigenvalue weighted by Gasteiger charge is 2.40. The minimum Gasteiger partial charge on any atom is -0.447 e. The SMILES string of the molecule is CC(C)CC1COC(=O)N1C1CCN(C(=S)Nc2ccccc2C(F)(F)F)CC1. The molecule has 2 aliphatic heterocycles. The Kier molecular flexibility index (Phi) is 6.55. The van der Waals surface area contributed by atoms with Crippen LogP contribution in [0.5, 0.6) is 0 Å². The third-order valence-electron chi connectivity index (χ3n) is 5.37. The zero-order chi connectivity index (χ0) is 21.2. The van der Waals surface area contributed by atoms with Gasteiger partial charge in [-0.1, -0.05) is 26.0 Å². The molecule has 0 spiro atoms. The Morgan fingerprint density at radius 1 is 1.28 bits per heavy atom. The van der Waals surface area contributed by atoms with Crippen LogP contribution in [0.15, 0.2) is 24.3 Å². The van der Waals surface area contributed by atoms with E-state index in [-0.39, 0.29) is 29.0 Å². The molecule has 1 aromatic carbocycles. The molecule has 29 heavy (non-hydrogen) atoms. The van der Waals surface area contributed by atoms with E-state index >= 15 is 0 Å². The molecule has 0 saturated carbocycles. The lowest BCUT2D eigenvalue weighted by Crippen LogP contribution is -2.50. The van der Waals surface area contributed by atoms with Gasteiger partial charge in [0.2, 0.25) is 0 Å². The second-order valence-corrected chi connectivity index (χ2v) is 8.35. The number of thiocarbonyl (C=S) groups is 1. The zero-order valence-electron chi connectivity index (χ0n) is 16.5. The summed E-state index contributed by atoms with van der Waals surface area (Å²) in [5, 5.41) is 3.01. The number of carbonyl (C=O) groups is 1. The molecule has 2 saturated heterocycles. The standard InChI is InChI=1S/C20H26F3N3O2S/c1-13(2)11-15-12-28-19(27)26(15)14-7-9-25(10-8-14)18(29)24-17-6-4-3-5-16(17)20(21,22)23/h3-6,13-15H,7-12H2,1-2H3,(H,24,29). The Morgan fingerprint density at radius 3 is 2.55 bits per heavy atom. The Balaban J connectivity index is 1.60. The average molecular weight is 430 g/mol. The van der Waals surface area contributed by atoms with Crippen LogP contribution in [-0.4, -0.2) is 52.8 Å². The molecule has 1 amide bonds. The second-order valence-electron chi connectivity index (χ2n) is 7.96. The van der Waals surface area contributed by atoms with E-state index in [2.05, 4.69) is 19.2 Å². The normalized spacial score (nSPS) is 20.9. The van der Waals surface area contributed by atoms with E-state index in [4.69, 9.17) is 17.0 Å². The summed E-state index contributed by atoms with van der Waals surface area (Å²) in [6.07, 6.45) is -2.43. The Labute approximate surface area is 174 Å². The molecule has 1 unspecified atom stereocenters. The molecule has 2 fully saturated rings. The number of anilines is 1. The van der Waals surface area contributed by atoms with Crippen molar-refractivity contribution in [1.82, 2.24) is 9.80 Å². The number of carbonyl (C=O) groups excluding carboxylic acids is 1. The number of cyclic esters (lactones) is 1. The maximum atomic E-state index is 13.2. The van der Waals surface area contributed by atoms with Gasteiger partial charge in [-0.3, -0.25) is 4.90 Å². The average Bonchev–Trinajstić information content (AvgIpc) is 3.01. The summed E-state index contributed by atoms with van der Waals surface area (Å²) in [4.78, 5) is 15.9. The van der Waals surface area contributed by atoms with E-state index in [1.165, 1.54) is 12.1 Å². The van der Waals surface area contributed by atoms with Gasteiger partial charge < -0.3 is 15.0 Å². The topological polar surface area (TPSA) is 44.8 Å². The van der Waals surface area contributed by atoms with Crippen LogP contribution in [0.2, 0.25) is 0 Å². The summed E-state index contributed by atoms with van der Waals surface area (Å²) in [7, 11) is 0. The first-order chi connectivity index (χ1) is 13.7. The van der Waals surface area contributed by atoms with Crippen molar-refractivity contribution in [3.63, 3.8) is 0 Å². The highest BCUT2D eigenvalue weighted by Crippen LogP contribution is 2.35. The van der Waals surface area contributed by atoms with Gasteiger partial charge in [0, 0.05) is 19.1 Å². The first-order valence-electron chi connectivity index (χ1n) is 9.84. The molecule has 5 nitrogen and oxygen atoms in total. The van der Waals surface area contributed by atoms with E-state index in [0.717, 1.165) is 12.5 Å². The summed E-state index contributed by atoms with van der Waals surface area (Å²) in [5.74, 6) is 0.461. The van der Waals surface area contributed by atoms with Crippen LogP contribution in [0.1, 0.15) is 38.7 Å². The number of rotatable bonds is 4. The highest BCUT2D eigenvalue weighted by molar-refractivity contribution is 7.80. The van der Waals surface area contributed by atoms with Crippen molar-refractivity contribution >= 4 is 29.1 Å². The summed E-state index contributed by atoms with van der Waals surface area (Å²) < 4.78 is 44.8. The Morgan fingerprint density at radius 2 is 1.93 bits per heavy atom.